The van der Waals surface area contributed by atoms with E-state index in [-0.39, 0.29) is 43.5 Å². The smallest absolute Gasteiger partial charge is 0.311 e. The molecule has 0 aromatic heterocycles. The number of hydrogen-bond acceptors (Lipinski definition) is 4. The van der Waals surface area contributed by atoms with Crippen LogP contribution in [0.1, 0.15) is 39.7 Å². The summed E-state index contributed by atoms with van der Waals surface area (Å²) in [6.45, 7) is 9.68. The van der Waals surface area contributed by atoms with Crippen molar-refractivity contribution in [3.63, 3.8) is 0 Å². The highest BCUT2D eigenvalue weighted by atomic mass is 16.5. The molecule has 6 nitrogen and oxygen atoms in total. The standard InChI is InChI=1S/C20H28N2O4/c1-13(2)22(14(3)4)19(24)12-26-20(25)16-10-18(23)21(11-16)17-8-6-15(5)7-9-17/h6-9,13-14,16H,10-12H2,1-5H3/t16-/m0/s1. The van der Waals surface area contributed by atoms with Crippen molar-refractivity contribution < 1.29 is 19.1 Å². The molecule has 0 spiro atoms. The van der Waals surface area contributed by atoms with Crippen LogP contribution >= 0.6 is 0 Å². The molecule has 1 aliphatic rings. The lowest BCUT2D eigenvalue weighted by molar-refractivity contribution is -0.156. The van der Waals surface area contributed by atoms with Gasteiger partial charge in [0, 0.05) is 30.7 Å². The lowest BCUT2D eigenvalue weighted by atomic mass is 10.1. The highest BCUT2D eigenvalue weighted by Gasteiger charge is 2.36. The fraction of sp³-hybridized carbons (Fsp3) is 0.550. The minimum absolute atomic E-state index is 0.0336. The molecular weight excluding hydrogens is 332 g/mol. The number of rotatable bonds is 6. The molecule has 1 fully saturated rings. The predicted octanol–water partition coefficient (Wildman–Crippen LogP) is 2.54. The number of carbonyl (C=O) groups excluding carboxylic acids is 3. The Bertz CT molecular complexity index is 659. The molecule has 142 valence electrons. The number of anilines is 1. The summed E-state index contributed by atoms with van der Waals surface area (Å²) < 4.78 is 5.21. The predicted molar refractivity (Wildman–Crippen MR) is 99.7 cm³/mol. The Kier molecular flexibility index (Phi) is 6.40. The zero-order valence-electron chi connectivity index (χ0n) is 16.2. The average Bonchev–Trinajstić information content (AvgIpc) is 2.94. The summed E-state index contributed by atoms with van der Waals surface area (Å²) >= 11 is 0. The number of benzene rings is 1. The largest absolute Gasteiger partial charge is 0.455 e. The van der Waals surface area contributed by atoms with E-state index >= 15 is 0 Å². The summed E-state index contributed by atoms with van der Waals surface area (Å²) in [5.41, 5.74) is 1.88. The van der Waals surface area contributed by atoms with E-state index in [0.29, 0.717) is 0 Å². The fourth-order valence-electron chi connectivity index (χ4n) is 3.34. The first-order chi connectivity index (χ1) is 12.2. The van der Waals surface area contributed by atoms with Crippen LogP contribution in [0.15, 0.2) is 24.3 Å². The molecule has 1 aromatic rings. The number of carbonyl (C=O) groups is 3. The first kappa shape index (κ1) is 19.9. The third-order valence-corrected chi connectivity index (χ3v) is 4.54. The highest BCUT2D eigenvalue weighted by molar-refractivity contribution is 5.99. The van der Waals surface area contributed by atoms with Crippen LogP contribution in [0.4, 0.5) is 5.69 Å². The number of hydrogen-bond donors (Lipinski definition) is 0. The van der Waals surface area contributed by atoms with Crippen molar-refractivity contribution in [3.05, 3.63) is 29.8 Å². The van der Waals surface area contributed by atoms with Gasteiger partial charge in [0.15, 0.2) is 6.61 Å². The maximum absolute atomic E-state index is 12.3. The summed E-state index contributed by atoms with van der Waals surface area (Å²) in [5, 5.41) is 0. The average molecular weight is 360 g/mol. The van der Waals surface area contributed by atoms with Crippen LogP contribution in [0.5, 0.6) is 0 Å². The molecule has 0 radical (unpaired) electrons. The Morgan fingerprint density at radius 2 is 1.73 bits per heavy atom. The van der Waals surface area contributed by atoms with Gasteiger partial charge in [-0.3, -0.25) is 14.4 Å². The van der Waals surface area contributed by atoms with Crippen molar-refractivity contribution in [1.29, 1.82) is 0 Å². The van der Waals surface area contributed by atoms with Crippen molar-refractivity contribution in [2.24, 2.45) is 5.92 Å². The molecule has 1 aromatic carbocycles. The van der Waals surface area contributed by atoms with Crippen molar-refractivity contribution in [1.82, 2.24) is 4.90 Å². The van der Waals surface area contributed by atoms with Gasteiger partial charge in [-0.15, -0.1) is 0 Å². The molecule has 0 saturated carbocycles. The van der Waals surface area contributed by atoms with Gasteiger partial charge in [-0.2, -0.15) is 0 Å². The molecule has 1 heterocycles. The Morgan fingerprint density at radius 1 is 1.15 bits per heavy atom. The van der Waals surface area contributed by atoms with E-state index in [1.807, 2.05) is 58.9 Å². The zero-order chi connectivity index (χ0) is 19.4. The van der Waals surface area contributed by atoms with Gasteiger partial charge >= 0.3 is 5.97 Å². The Labute approximate surface area is 155 Å². The lowest BCUT2D eigenvalue weighted by Crippen LogP contribution is -2.44. The van der Waals surface area contributed by atoms with E-state index in [4.69, 9.17) is 4.74 Å². The first-order valence-corrected chi connectivity index (χ1v) is 9.05. The van der Waals surface area contributed by atoms with E-state index in [1.165, 1.54) is 0 Å². The molecule has 1 atom stereocenters. The normalized spacial score (nSPS) is 17.1. The summed E-state index contributed by atoms with van der Waals surface area (Å²) in [7, 11) is 0. The molecule has 6 heteroatoms. The van der Waals surface area contributed by atoms with Crippen LogP contribution in [0.3, 0.4) is 0 Å². The summed E-state index contributed by atoms with van der Waals surface area (Å²) in [6.07, 6.45) is 0.110. The maximum Gasteiger partial charge on any atom is 0.311 e. The second kappa shape index (κ2) is 8.34. The number of ether oxygens (including phenoxy) is 1. The third kappa shape index (κ3) is 4.62. The molecule has 2 rings (SSSR count). The van der Waals surface area contributed by atoms with E-state index in [1.54, 1.807) is 9.80 Å². The topological polar surface area (TPSA) is 66.9 Å². The molecule has 0 aliphatic carbocycles. The van der Waals surface area contributed by atoms with Gasteiger partial charge in [0.2, 0.25) is 5.91 Å². The van der Waals surface area contributed by atoms with E-state index < -0.39 is 11.9 Å². The van der Waals surface area contributed by atoms with Gasteiger partial charge in [0.25, 0.3) is 5.91 Å². The molecule has 0 bridgehead atoms. The molecular formula is C20H28N2O4. The van der Waals surface area contributed by atoms with Crippen LogP contribution in [0, 0.1) is 12.8 Å². The Hall–Kier alpha value is -2.37. The molecule has 1 saturated heterocycles. The van der Waals surface area contributed by atoms with Gasteiger partial charge in [-0.1, -0.05) is 17.7 Å². The minimum atomic E-state index is -0.539. The molecule has 1 aliphatic heterocycles. The van der Waals surface area contributed by atoms with Crippen molar-refractivity contribution in [2.75, 3.05) is 18.1 Å². The van der Waals surface area contributed by atoms with Crippen molar-refractivity contribution in [3.8, 4) is 0 Å². The number of aryl methyl sites for hydroxylation is 1. The fourth-order valence-corrected chi connectivity index (χ4v) is 3.34. The van der Waals surface area contributed by atoms with Crippen molar-refractivity contribution >= 4 is 23.5 Å². The van der Waals surface area contributed by atoms with Gasteiger partial charge in [0.1, 0.15) is 0 Å². The molecule has 2 amide bonds. The van der Waals surface area contributed by atoms with Crippen LogP contribution in [0.25, 0.3) is 0 Å². The van der Waals surface area contributed by atoms with Gasteiger partial charge in [0.05, 0.1) is 5.92 Å². The third-order valence-electron chi connectivity index (χ3n) is 4.54. The first-order valence-electron chi connectivity index (χ1n) is 9.05. The van der Waals surface area contributed by atoms with Gasteiger partial charge < -0.3 is 14.5 Å². The van der Waals surface area contributed by atoms with Crippen LogP contribution in [0.2, 0.25) is 0 Å². The van der Waals surface area contributed by atoms with Gasteiger partial charge in [-0.05, 0) is 46.8 Å². The summed E-state index contributed by atoms with van der Waals surface area (Å²) in [6, 6.07) is 7.66. The SMILES string of the molecule is Cc1ccc(N2C[C@@H](C(=O)OCC(=O)N(C(C)C)C(C)C)CC2=O)cc1. The monoisotopic (exact) mass is 360 g/mol. The van der Waals surface area contributed by atoms with Crippen LogP contribution in [-0.4, -0.2) is 47.9 Å². The second-order valence-corrected chi connectivity index (χ2v) is 7.34. The Morgan fingerprint density at radius 3 is 2.27 bits per heavy atom. The van der Waals surface area contributed by atoms with Crippen LogP contribution in [-0.2, 0) is 19.1 Å². The quantitative estimate of drug-likeness (QED) is 0.731. The second-order valence-electron chi connectivity index (χ2n) is 7.34. The van der Waals surface area contributed by atoms with E-state index in [9.17, 15) is 14.4 Å². The summed E-state index contributed by atoms with van der Waals surface area (Å²) in [5.74, 6) is -1.35. The Balaban J connectivity index is 1.93. The van der Waals surface area contributed by atoms with E-state index in [2.05, 4.69) is 0 Å². The minimum Gasteiger partial charge on any atom is -0.455 e. The number of amides is 2. The van der Waals surface area contributed by atoms with Crippen molar-refractivity contribution in [2.45, 2.75) is 53.1 Å². The maximum atomic E-state index is 12.3. The molecule has 0 unspecified atom stereocenters. The summed E-state index contributed by atoms with van der Waals surface area (Å²) in [4.78, 5) is 40.1. The van der Waals surface area contributed by atoms with Crippen LogP contribution < -0.4 is 4.90 Å². The lowest BCUT2D eigenvalue weighted by Gasteiger charge is -2.30. The number of nitrogens with zero attached hydrogens (tertiary/aromatic N) is 2. The molecule has 26 heavy (non-hydrogen) atoms. The number of esters is 1. The zero-order valence-corrected chi connectivity index (χ0v) is 16.2. The van der Waals surface area contributed by atoms with Gasteiger partial charge in [-0.25, -0.2) is 0 Å². The highest BCUT2D eigenvalue weighted by Crippen LogP contribution is 2.26. The molecule has 0 N–H and O–H groups in total. The van der Waals surface area contributed by atoms with E-state index in [0.717, 1.165) is 11.3 Å².